The maximum absolute atomic E-state index is 8.88. The van der Waals surface area contributed by atoms with Crippen molar-refractivity contribution in [3.8, 4) is 0 Å². The summed E-state index contributed by atoms with van der Waals surface area (Å²) in [7, 11) is -7.26. The van der Waals surface area contributed by atoms with Crippen LogP contribution in [0.4, 0.5) is 0 Å². The van der Waals surface area contributed by atoms with Crippen LogP contribution in [0.3, 0.4) is 0 Å². The molecule has 56 valence electrons. The summed E-state index contributed by atoms with van der Waals surface area (Å²) in [4.78, 5) is 30.4. The van der Waals surface area contributed by atoms with Crippen LogP contribution in [0.25, 0.3) is 0 Å². The van der Waals surface area contributed by atoms with E-state index < -0.39 is 16.0 Å². The summed E-state index contributed by atoms with van der Waals surface area (Å²) in [5.41, 5.74) is 4.06. The smallest absolute Gasteiger partial charge is 0.466 e. The molecule has 5 N–H and O–H groups in total. The summed E-state index contributed by atoms with van der Waals surface area (Å²) in [6, 6.07) is 0. The zero-order chi connectivity index (χ0) is 8.08. The lowest BCUT2D eigenvalue weighted by Crippen LogP contribution is -1.91. The Hall–Kier alpha value is 0.130. The lowest BCUT2D eigenvalue weighted by atomic mass is 13.9. The van der Waals surface area contributed by atoms with Crippen LogP contribution in [0.2, 0.25) is 0 Å². The van der Waals surface area contributed by atoms with Gasteiger partial charge in [0.15, 0.2) is 0 Å². The molecule has 0 heterocycles. The van der Waals surface area contributed by atoms with E-state index in [2.05, 4.69) is 5.50 Å². The molecule has 0 aliphatic carbocycles. The van der Waals surface area contributed by atoms with Crippen LogP contribution in [-0.2, 0) is 9.13 Å². The van der Waals surface area contributed by atoms with Crippen LogP contribution in [0.5, 0.6) is 0 Å². The van der Waals surface area contributed by atoms with Gasteiger partial charge in [0.05, 0.1) is 0 Å². The summed E-state index contributed by atoms with van der Waals surface area (Å²) in [5.74, 6) is 0. The van der Waals surface area contributed by atoms with E-state index in [9.17, 15) is 0 Å². The highest BCUT2D eigenvalue weighted by atomic mass is 31.2. The van der Waals surface area contributed by atoms with Crippen LogP contribution < -0.4 is 10.4 Å². The molecule has 0 aromatic rings. The van der Waals surface area contributed by atoms with Crippen LogP contribution in [0.1, 0.15) is 0 Å². The number of nitrogens with two attached hydrogens (primary N) is 1. The predicted molar refractivity (Wildman–Crippen MR) is 26.1 cm³/mol. The Balaban J connectivity index is 0. The van der Waals surface area contributed by atoms with Gasteiger partial charge in [-0.2, -0.15) is 0 Å². The maximum Gasteiger partial charge on any atom is 0.466 e. The Morgan fingerprint density at radius 3 is 1.44 bits per heavy atom. The second-order valence-corrected chi connectivity index (χ2v) is 2.40. The van der Waals surface area contributed by atoms with Gasteiger partial charge in [-0.1, -0.05) is 4.57 Å². The average molecular weight is 177 g/mol. The van der Waals surface area contributed by atoms with Gasteiger partial charge in [-0.05, 0) is 0 Å². The normalized spacial score (nSPS) is 11.4. The first-order valence-electron chi connectivity index (χ1n) is 1.41. The van der Waals surface area contributed by atoms with Gasteiger partial charge in [0, 0.05) is 0 Å². The number of rotatable bonds is 0. The highest BCUT2D eigenvalue weighted by Gasteiger charge is 2.00. The minimum absolute atomic E-state index is 2.62. The zero-order valence-electron chi connectivity index (χ0n) is 4.04. The molecule has 0 rings (SSSR count). The number of hydrogen-bond donors (Lipinski definition) is 4. The summed E-state index contributed by atoms with van der Waals surface area (Å²) >= 11 is 0. The van der Waals surface area contributed by atoms with E-state index in [-0.39, 0.29) is 0 Å². The highest BCUT2D eigenvalue weighted by Crippen LogP contribution is 2.25. The van der Waals surface area contributed by atoms with E-state index in [4.69, 9.17) is 28.7 Å². The molecule has 9 heavy (non-hydrogen) atoms. The molecule has 9 heteroatoms. The number of hydrogen-bond acceptors (Lipinski definition) is 3. The molecule has 0 saturated heterocycles. The summed E-state index contributed by atoms with van der Waals surface area (Å²) in [6.45, 7) is 0. The molecule has 0 aliphatic rings. The topological polar surface area (TPSA) is 144 Å². The van der Waals surface area contributed by atoms with E-state index in [0.717, 1.165) is 0 Å². The van der Waals surface area contributed by atoms with E-state index in [1.165, 1.54) is 0 Å². The van der Waals surface area contributed by atoms with Gasteiger partial charge in [-0.15, -0.1) is 5.50 Å². The summed E-state index contributed by atoms with van der Waals surface area (Å²) in [5, 5.41) is 0. The second kappa shape index (κ2) is 4.96. The molecule has 0 aromatic carbocycles. The maximum atomic E-state index is 8.88. The van der Waals surface area contributed by atoms with Gasteiger partial charge in [0.2, 0.25) is 0 Å². The zero-order valence-corrected chi connectivity index (χ0v) is 5.83. The highest BCUT2D eigenvalue weighted by molar-refractivity contribution is 7.45. The first-order valence-corrected chi connectivity index (χ1v) is 4.22. The standard InChI is InChI=1S/H2NO2P.H3O4P/c1-4(2)3;1-5(2,3)4/h(H2,1,2,3);(H3,1,2,3,4). The fraction of sp³-hybridized carbons (Fsp3) is 0. The number of phosphoric acid groups is 1. The summed E-state index contributed by atoms with van der Waals surface area (Å²) < 4.78 is 17.7. The molecule has 0 aliphatic heterocycles. The molecule has 0 amide bonds. The van der Waals surface area contributed by atoms with Crippen molar-refractivity contribution < 1.29 is 28.7 Å². The van der Waals surface area contributed by atoms with Crippen LogP contribution in [0, 0.1) is 0 Å². The van der Waals surface area contributed by atoms with Crippen molar-refractivity contribution in [2.45, 2.75) is 0 Å². The Kier molecular flexibility index (Phi) is 6.54. The molecule has 0 saturated carbocycles. The predicted octanol–water partition coefficient (Wildman–Crippen LogP) is -1.97. The third-order valence-electron chi connectivity index (χ3n) is 0. The van der Waals surface area contributed by atoms with Gasteiger partial charge in [0.1, 0.15) is 0 Å². The quantitative estimate of drug-likeness (QED) is 0.314. The van der Waals surface area contributed by atoms with Crippen molar-refractivity contribution in [1.29, 1.82) is 0 Å². The molecular weight excluding hydrogens is 172 g/mol. The molecule has 1 atom stereocenters. The lowest BCUT2D eigenvalue weighted by Gasteiger charge is -1.82. The SMILES string of the molecule is N[P+](=O)[O-].O=P(O)(O)O. The van der Waals surface area contributed by atoms with E-state index in [1.807, 2.05) is 0 Å². The Morgan fingerprint density at radius 2 is 1.44 bits per heavy atom. The van der Waals surface area contributed by atoms with Crippen LogP contribution >= 0.6 is 16.0 Å². The molecule has 7 nitrogen and oxygen atoms in total. The minimum atomic E-state index is -4.64. The van der Waals surface area contributed by atoms with Crippen molar-refractivity contribution in [1.82, 2.24) is 0 Å². The van der Waals surface area contributed by atoms with Gasteiger partial charge in [-0.25, -0.2) is 4.57 Å². The Bertz CT molecular complexity index is 111. The largest absolute Gasteiger partial charge is 0.578 e. The van der Waals surface area contributed by atoms with Gasteiger partial charge >= 0.3 is 16.0 Å². The van der Waals surface area contributed by atoms with Crippen molar-refractivity contribution in [2.75, 3.05) is 0 Å². The van der Waals surface area contributed by atoms with Gasteiger partial charge in [0.25, 0.3) is 0 Å². The Labute approximate surface area is 51.3 Å². The van der Waals surface area contributed by atoms with Crippen molar-refractivity contribution in [3.05, 3.63) is 0 Å². The molecule has 1 unspecified atom stereocenters. The third-order valence-corrected chi connectivity index (χ3v) is 0. The van der Waals surface area contributed by atoms with Crippen LogP contribution in [0.15, 0.2) is 0 Å². The van der Waals surface area contributed by atoms with E-state index in [1.54, 1.807) is 0 Å². The van der Waals surface area contributed by atoms with Crippen molar-refractivity contribution in [3.63, 3.8) is 0 Å². The van der Waals surface area contributed by atoms with Crippen molar-refractivity contribution >= 4 is 16.0 Å². The van der Waals surface area contributed by atoms with E-state index >= 15 is 0 Å². The first-order chi connectivity index (χ1) is 3.73. The fourth-order valence-corrected chi connectivity index (χ4v) is 0. The Morgan fingerprint density at radius 1 is 1.44 bits per heavy atom. The molecule has 0 spiro atoms. The monoisotopic (exact) mass is 177 g/mol. The van der Waals surface area contributed by atoms with Crippen molar-refractivity contribution in [2.24, 2.45) is 5.50 Å². The second-order valence-electron chi connectivity index (χ2n) is 0.799. The van der Waals surface area contributed by atoms with E-state index in [0.29, 0.717) is 0 Å². The molecule has 0 radical (unpaired) electrons. The average Bonchev–Trinajstić information content (AvgIpc) is 1.19. The van der Waals surface area contributed by atoms with Gasteiger partial charge < -0.3 is 19.6 Å². The molecular formula is H5NO6P2. The molecule has 0 aromatic heterocycles. The first kappa shape index (κ1) is 11.9. The lowest BCUT2D eigenvalue weighted by molar-refractivity contribution is -0.164. The fourth-order valence-electron chi connectivity index (χ4n) is 0. The summed E-state index contributed by atoms with van der Waals surface area (Å²) in [6.07, 6.45) is 0. The molecule has 0 bridgehead atoms. The third kappa shape index (κ3) is 18100. The minimum Gasteiger partial charge on any atom is -0.578 e. The van der Waals surface area contributed by atoms with Crippen LogP contribution in [-0.4, -0.2) is 14.7 Å². The molecule has 0 fully saturated rings. The van der Waals surface area contributed by atoms with Gasteiger partial charge in [-0.3, -0.25) is 0 Å².